The number of nitrogens with zero attached hydrogens (tertiary/aromatic N) is 4. The first-order chi connectivity index (χ1) is 15.1. The molecule has 1 N–H and O–H groups in total. The quantitative estimate of drug-likeness (QED) is 0.730. The van der Waals surface area contributed by atoms with Crippen molar-refractivity contribution in [3.8, 4) is 0 Å². The number of hydrogen-bond acceptors (Lipinski definition) is 4. The monoisotopic (exact) mass is 421 g/mol. The highest BCUT2D eigenvalue weighted by Gasteiger charge is 2.41. The van der Waals surface area contributed by atoms with Crippen LogP contribution in [0.5, 0.6) is 0 Å². The molecule has 3 saturated heterocycles. The molecular formula is C26H39N5. The van der Waals surface area contributed by atoms with Crippen LogP contribution >= 0.6 is 0 Å². The van der Waals surface area contributed by atoms with Crippen LogP contribution in [0.1, 0.15) is 67.3 Å². The molecule has 2 aromatic rings. The van der Waals surface area contributed by atoms with E-state index in [1.165, 1.54) is 74.3 Å². The molecule has 3 aliphatic heterocycles. The topological polar surface area (TPSA) is 36.3 Å². The van der Waals surface area contributed by atoms with E-state index in [2.05, 4.69) is 71.3 Å². The minimum absolute atomic E-state index is 0.663. The fourth-order valence-corrected chi connectivity index (χ4v) is 6.25. The van der Waals surface area contributed by atoms with Crippen molar-refractivity contribution >= 4 is 5.69 Å². The van der Waals surface area contributed by atoms with Gasteiger partial charge in [0.25, 0.3) is 0 Å². The van der Waals surface area contributed by atoms with E-state index in [-0.39, 0.29) is 0 Å². The van der Waals surface area contributed by atoms with Gasteiger partial charge in [-0.05, 0) is 61.9 Å². The van der Waals surface area contributed by atoms with E-state index in [0.29, 0.717) is 17.9 Å². The van der Waals surface area contributed by atoms with Crippen LogP contribution in [-0.4, -0.2) is 54.5 Å². The molecular weight excluding hydrogens is 382 g/mol. The lowest BCUT2D eigenvalue weighted by Gasteiger charge is -2.50. The van der Waals surface area contributed by atoms with E-state index >= 15 is 0 Å². The van der Waals surface area contributed by atoms with Gasteiger partial charge in [-0.15, -0.1) is 0 Å². The zero-order valence-electron chi connectivity index (χ0n) is 19.6. The number of benzene rings is 1. The number of rotatable bonds is 7. The Morgan fingerprint density at radius 1 is 1.10 bits per heavy atom. The molecule has 1 aromatic carbocycles. The molecule has 4 heterocycles. The molecule has 31 heavy (non-hydrogen) atoms. The highest BCUT2D eigenvalue weighted by atomic mass is 15.3. The standard InChI is InChI=1S/C26H39N5/c1-29(2)22-10-8-19(9-11-22)16-27-17-23-14-21-12-13-31(23)18-24(21)26-15-25(28-30(26)3)20-6-4-5-7-20/h8-11,15,20-21,23-24,27H,4-7,12-14,16-18H2,1-3H3. The number of fused-ring (bicyclic) bond motifs is 3. The molecule has 1 saturated carbocycles. The first-order valence-corrected chi connectivity index (χ1v) is 12.3. The third kappa shape index (κ3) is 4.40. The average Bonchev–Trinajstić information content (AvgIpc) is 3.44. The van der Waals surface area contributed by atoms with Crippen molar-refractivity contribution in [1.29, 1.82) is 0 Å². The third-order valence-electron chi connectivity index (χ3n) is 8.13. The number of aromatic nitrogens is 2. The average molecular weight is 422 g/mol. The molecule has 5 heteroatoms. The number of aryl methyl sites for hydroxylation is 1. The maximum atomic E-state index is 4.95. The lowest BCUT2D eigenvalue weighted by atomic mass is 9.74. The van der Waals surface area contributed by atoms with Crippen molar-refractivity contribution in [3.05, 3.63) is 47.3 Å². The largest absolute Gasteiger partial charge is 0.378 e. The van der Waals surface area contributed by atoms with Crippen molar-refractivity contribution in [1.82, 2.24) is 20.0 Å². The van der Waals surface area contributed by atoms with Gasteiger partial charge < -0.3 is 10.2 Å². The second kappa shape index (κ2) is 8.95. The second-order valence-electron chi connectivity index (χ2n) is 10.3. The van der Waals surface area contributed by atoms with Crippen LogP contribution in [0.2, 0.25) is 0 Å². The first-order valence-electron chi connectivity index (χ1n) is 12.3. The van der Waals surface area contributed by atoms with Crippen LogP contribution in [0.3, 0.4) is 0 Å². The van der Waals surface area contributed by atoms with Gasteiger partial charge in [-0.1, -0.05) is 25.0 Å². The Hall–Kier alpha value is -1.85. The summed E-state index contributed by atoms with van der Waals surface area (Å²) >= 11 is 0. The maximum Gasteiger partial charge on any atom is 0.0658 e. The minimum atomic E-state index is 0.663. The van der Waals surface area contributed by atoms with Crippen molar-refractivity contribution in [2.24, 2.45) is 13.0 Å². The summed E-state index contributed by atoms with van der Waals surface area (Å²) in [5.41, 5.74) is 5.49. The van der Waals surface area contributed by atoms with Crippen LogP contribution in [0.4, 0.5) is 5.69 Å². The van der Waals surface area contributed by atoms with E-state index in [4.69, 9.17) is 5.10 Å². The summed E-state index contributed by atoms with van der Waals surface area (Å²) < 4.78 is 2.21. The summed E-state index contributed by atoms with van der Waals surface area (Å²) in [6, 6.07) is 12.1. The minimum Gasteiger partial charge on any atom is -0.378 e. The molecule has 0 amide bonds. The summed E-state index contributed by atoms with van der Waals surface area (Å²) in [5.74, 6) is 2.18. The molecule has 4 atom stereocenters. The smallest absolute Gasteiger partial charge is 0.0658 e. The molecule has 4 fully saturated rings. The zero-order chi connectivity index (χ0) is 21.4. The highest BCUT2D eigenvalue weighted by Crippen LogP contribution is 2.43. The predicted molar refractivity (Wildman–Crippen MR) is 128 cm³/mol. The number of anilines is 1. The van der Waals surface area contributed by atoms with Crippen LogP contribution in [0.25, 0.3) is 0 Å². The molecule has 2 bridgehead atoms. The first kappa shape index (κ1) is 21.0. The molecule has 0 radical (unpaired) electrons. The fourth-order valence-electron chi connectivity index (χ4n) is 6.25. The van der Waals surface area contributed by atoms with Gasteiger partial charge >= 0.3 is 0 Å². The number of hydrogen-bond donors (Lipinski definition) is 1. The van der Waals surface area contributed by atoms with E-state index in [0.717, 1.165) is 19.0 Å². The summed E-state index contributed by atoms with van der Waals surface area (Å²) in [4.78, 5) is 4.90. The van der Waals surface area contributed by atoms with Gasteiger partial charge in [0.05, 0.1) is 5.69 Å². The maximum absolute atomic E-state index is 4.95. The molecule has 1 aromatic heterocycles. The highest BCUT2D eigenvalue weighted by molar-refractivity contribution is 5.45. The Balaban J connectivity index is 1.17. The van der Waals surface area contributed by atoms with Crippen molar-refractivity contribution < 1.29 is 0 Å². The SMILES string of the molecule is CN(C)c1ccc(CNCC2CC3CCN2CC3c2cc(C3CCCC3)nn2C)cc1. The lowest BCUT2D eigenvalue weighted by molar-refractivity contribution is 0.0282. The normalized spacial score (nSPS) is 28.4. The van der Waals surface area contributed by atoms with E-state index < -0.39 is 0 Å². The summed E-state index contributed by atoms with van der Waals surface area (Å²) in [7, 11) is 6.36. The summed E-state index contributed by atoms with van der Waals surface area (Å²) in [5, 5.41) is 8.69. The van der Waals surface area contributed by atoms with Gasteiger partial charge in [0, 0.05) is 70.0 Å². The van der Waals surface area contributed by atoms with Crippen molar-refractivity contribution in [3.63, 3.8) is 0 Å². The Morgan fingerprint density at radius 2 is 1.87 bits per heavy atom. The lowest BCUT2D eigenvalue weighted by Crippen LogP contribution is -2.55. The molecule has 5 nitrogen and oxygen atoms in total. The molecule has 4 unspecified atom stereocenters. The van der Waals surface area contributed by atoms with Crippen LogP contribution < -0.4 is 10.2 Å². The van der Waals surface area contributed by atoms with Crippen molar-refractivity contribution in [2.45, 2.75) is 62.9 Å². The Labute approximate surface area is 187 Å². The number of piperidine rings is 3. The number of nitrogens with one attached hydrogen (secondary N) is 1. The Bertz CT molecular complexity index is 864. The van der Waals surface area contributed by atoms with Crippen molar-refractivity contribution in [2.75, 3.05) is 38.6 Å². The van der Waals surface area contributed by atoms with Crippen LogP contribution in [0, 0.1) is 5.92 Å². The van der Waals surface area contributed by atoms with Gasteiger partial charge in [-0.2, -0.15) is 5.10 Å². The predicted octanol–water partition coefficient (Wildman–Crippen LogP) is 4.11. The Morgan fingerprint density at radius 3 is 2.55 bits per heavy atom. The molecule has 4 aliphatic rings. The van der Waals surface area contributed by atoms with Gasteiger partial charge in [-0.25, -0.2) is 0 Å². The summed E-state index contributed by atoms with van der Waals surface area (Å²) in [6.07, 6.45) is 8.10. The van der Waals surface area contributed by atoms with E-state index in [1.54, 1.807) is 0 Å². The van der Waals surface area contributed by atoms with E-state index in [9.17, 15) is 0 Å². The third-order valence-corrected chi connectivity index (χ3v) is 8.13. The molecule has 6 rings (SSSR count). The molecule has 1 aliphatic carbocycles. The van der Waals surface area contributed by atoms with Gasteiger partial charge in [0.2, 0.25) is 0 Å². The Kier molecular flexibility index (Phi) is 6.07. The molecule has 168 valence electrons. The molecule has 0 spiro atoms. The second-order valence-corrected chi connectivity index (χ2v) is 10.3. The van der Waals surface area contributed by atoms with Gasteiger partial charge in [0.15, 0.2) is 0 Å². The van der Waals surface area contributed by atoms with Crippen LogP contribution in [-0.2, 0) is 13.6 Å². The summed E-state index contributed by atoms with van der Waals surface area (Å²) in [6.45, 7) is 4.52. The van der Waals surface area contributed by atoms with Gasteiger partial charge in [-0.3, -0.25) is 9.58 Å². The van der Waals surface area contributed by atoms with Crippen LogP contribution in [0.15, 0.2) is 30.3 Å². The van der Waals surface area contributed by atoms with Gasteiger partial charge in [0.1, 0.15) is 0 Å². The zero-order valence-corrected chi connectivity index (χ0v) is 19.6. The van der Waals surface area contributed by atoms with E-state index in [1.807, 2.05) is 0 Å². The fraction of sp³-hybridized carbons (Fsp3) is 0.654.